The van der Waals surface area contributed by atoms with Crippen molar-refractivity contribution in [3.63, 3.8) is 0 Å². The van der Waals surface area contributed by atoms with Crippen LogP contribution in [0.3, 0.4) is 0 Å². The number of rotatable bonds is 10. The number of carboxylic acid groups (broad SMARTS) is 2. The highest BCUT2D eigenvalue weighted by molar-refractivity contribution is 7.12. The van der Waals surface area contributed by atoms with E-state index in [0.29, 0.717) is 25.6 Å². The molecule has 2 atom stereocenters. The standard InChI is InChI=1S/C29H33N2O4S.2CH2O2/c1-34-24-11-9-21(10-12-24)18-30-28(23-6-3-2-4-7-23)29(33)35-26-20-31(15-13-22(26)14-16-31)19-25(32)27-8-5-17-36-27;2*2-1-3/h2-12,17,22,26,28,30H,13-16,18-20H2,1H3;2*1H,(H,2,3)/q+1;;/p-1/t22?,26-,28?,31?;;/m0../s1. The van der Waals surface area contributed by atoms with Crippen molar-refractivity contribution in [1.82, 2.24) is 5.32 Å². The van der Waals surface area contributed by atoms with Crippen LogP contribution in [0.15, 0.2) is 72.1 Å². The maximum absolute atomic E-state index is 13.5. The molecule has 3 saturated heterocycles. The third-order valence-electron chi connectivity index (χ3n) is 7.62. The summed E-state index contributed by atoms with van der Waals surface area (Å²) in [6.45, 7) is 2.94. The van der Waals surface area contributed by atoms with Gasteiger partial charge in [-0.2, -0.15) is 0 Å². The topological polar surface area (TPSA) is 142 Å². The van der Waals surface area contributed by atoms with Gasteiger partial charge in [0.05, 0.1) is 25.1 Å². The van der Waals surface area contributed by atoms with E-state index < -0.39 is 12.5 Å². The zero-order valence-corrected chi connectivity index (χ0v) is 24.2. The largest absolute Gasteiger partial charge is 0.554 e. The monoisotopic (exact) mass is 596 g/mol. The van der Waals surface area contributed by atoms with E-state index in [9.17, 15) is 9.59 Å². The number of thiophene rings is 1. The fourth-order valence-electron chi connectivity index (χ4n) is 5.56. The van der Waals surface area contributed by atoms with Gasteiger partial charge in [-0.15, -0.1) is 11.3 Å². The molecule has 0 amide bonds. The van der Waals surface area contributed by atoms with E-state index >= 15 is 0 Å². The van der Waals surface area contributed by atoms with Gasteiger partial charge in [-0.25, -0.2) is 4.79 Å². The van der Waals surface area contributed by atoms with Gasteiger partial charge in [-0.1, -0.05) is 48.5 Å². The maximum atomic E-state index is 13.5. The summed E-state index contributed by atoms with van der Waals surface area (Å²) in [7, 11) is 1.65. The average molecular weight is 597 g/mol. The van der Waals surface area contributed by atoms with E-state index in [1.165, 1.54) is 11.3 Å². The summed E-state index contributed by atoms with van der Waals surface area (Å²) < 4.78 is 12.2. The van der Waals surface area contributed by atoms with E-state index in [-0.39, 0.29) is 24.3 Å². The molecule has 10 nitrogen and oxygen atoms in total. The maximum Gasteiger partial charge on any atom is 0.328 e. The molecule has 224 valence electrons. The van der Waals surface area contributed by atoms with E-state index in [4.69, 9.17) is 29.3 Å². The van der Waals surface area contributed by atoms with E-state index in [2.05, 4.69) is 5.32 Å². The number of nitrogens with one attached hydrogen (secondary N) is 1. The van der Waals surface area contributed by atoms with Crippen LogP contribution in [0.1, 0.15) is 39.7 Å². The van der Waals surface area contributed by atoms with Gasteiger partial charge < -0.3 is 29.0 Å². The molecular weight excluding hydrogens is 560 g/mol. The molecule has 42 heavy (non-hydrogen) atoms. The molecule has 2 bridgehead atoms. The number of piperidine rings is 3. The first-order valence-electron chi connectivity index (χ1n) is 13.6. The van der Waals surface area contributed by atoms with Crippen LogP contribution in [0.4, 0.5) is 0 Å². The molecule has 0 saturated carbocycles. The van der Waals surface area contributed by atoms with Crippen LogP contribution in [0.5, 0.6) is 5.75 Å². The number of benzene rings is 2. The second kappa shape index (κ2) is 16.4. The molecule has 0 spiro atoms. The number of esters is 1. The highest BCUT2D eigenvalue weighted by Crippen LogP contribution is 2.36. The van der Waals surface area contributed by atoms with Crippen LogP contribution in [-0.2, 0) is 25.7 Å². The summed E-state index contributed by atoms with van der Waals surface area (Å²) >= 11 is 1.50. The molecular formula is C31H36N2O8S. The fraction of sp³-hybridized carbons (Fsp3) is 0.355. The lowest BCUT2D eigenvalue weighted by molar-refractivity contribution is -0.938. The predicted molar refractivity (Wildman–Crippen MR) is 155 cm³/mol. The first kappa shape index (κ1) is 32.5. The molecule has 6 rings (SSSR count). The van der Waals surface area contributed by atoms with Gasteiger partial charge in [-0.3, -0.25) is 14.9 Å². The Hall–Kier alpha value is -4.06. The molecule has 4 heterocycles. The van der Waals surface area contributed by atoms with Crippen LogP contribution in [0.25, 0.3) is 0 Å². The number of quaternary nitrogens is 1. The average Bonchev–Trinajstić information content (AvgIpc) is 3.55. The van der Waals surface area contributed by atoms with Crippen LogP contribution in [0, 0.1) is 5.92 Å². The van der Waals surface area contributed by atoms with Crippen molar-refractivity contribution in [3.8, 4) is 5.75 Å². The number of carbonyl (C=O) groups is 4. The van der Waals surface area contributed by atoms with Crippen LogP contribution in [-0.4, -0.2) is 73.7 Å². The van der Waals surface area contributed by atoms with Gasteiger partial charge in [0, 0.05) is 31.8 Å². The second-order valence-electron chi connectivity index (χ2n) is 10.1. The second-order valence-corrected chi connectivity index (χ2v) is 11.1. The first-order valence-corrected chi connectivity index (χ1v) is 14.4. The molecule has 1 unspecified atom stereocenters. The predicted octanol–water partition coefficient (Wildman–Crippen LogP) is 2.69. The van der Waals surface area contributed by atoms with Crippen molar-refractivity contribution in [3.05, 3.63) is 88.1 Å². The molecule has 11 heteroatoms. The number of fused-ring (bicyclic) bond motifs is 3. The molecule has 3 fully saturated rings. The minimum absolute atomic E-state index is 0.162. The lowest BCUT2D eigenvalue weighted by Crippen LogP contribution is -2.65. The Morgan fingerprint density at radius 2 is 1.71 bits per heavy atom. The number of nitrogens with zero attached hydrogens (tertiary/aromatic N) is 1. The Morgan fingerprint density at radius 3 is 2.29 bits per heavy atom. The fourth-order valence-corrected chi connectivity index (χ4v) is 6.22. The van der Waals surface area contributed by atoms with Crippen LogP contribution >= 0.6 is 11.3 Å². The number of hydrogen-bond acceptors (Lipinski definition) is 9. The van der Waals surface area contributed by atoms with Gasteiger partial charge in [-0.05, 0) is 34.7 Å². The minimum Gasteiger partial charge on any atom is -0.554 e. The zero-order valence-electron chi connectivity index (χ0n) is 23.4. The highest BCUT2D eigenvalue weighted by atomic mass is 32.1. The Kier molecular flexibility index (Phi) is 12.7. The lowest BCUT2D eigenvalue weighted by Gasteiger charge is -2.51. The zero-order chi connectivity index (χ0) is 30.4. The van der Waals surface area contributed by atoms with E-state index in [1.807, 2.05) is 72.1 Å². The molecule has 3 aliphatic heterocycles. The van der Waals surface area contributed by atoms with Crippen molar-refractivity contribution in [2.45, 2.75) is 31.5 Å². The van der Waals surface area contributed by atoms with Gasteiger partial charge in [0.15, 0.2) is 6.10 Å². The lowest BCUT2D eigenvalue weighted by atomic mass is 9.83. The Labute approximate surface area is 249 Å². The Balaban J connectivity index is 0.000000745. The molecule has 1 aromatic heterocycles. The summed E-state index contributed by atoms with van der Waals surface area (Å²) in [4.78, 5) is 43.9. The third kappa shape index (κ3) is 8.97. The van der Waals surface area contributed by atoms with E-state index in [0.717, 1.165) is 52.2 Å². The van der Waals surface area contributed by atoms with Crippen molar-refractivity contribution in [1.29, 1.82) is 0 Å². The molecule has 0 radical (unpaired) electrons. The number of Topliss-reactive ketones (excluding diaryl/α,β-unsaturated/α-hetero) is 1. The van der Waals surface area contributed by atoms with Crippen molar-refractivity contribution >= 4 is 36.0 Å². The normalized spacial score (nSPS) is 20.9. The summed E-state index contributed by atoms with van der Waals surface area (Å²) in [5.41, 5.74) is 1.94. The first-order chi connectivity index (χ1) is 20.4. The van der Waals surface area contributed by atoms with Gasteiger partial charge in [0.2, 0.25) is 5.78 Å². The Bertz CT molecular complexity index is 1250. The summed E-state index contributed by atoms with van der Waals surface area (Å²) in [5.74, 6) is 1.11. The van der Waals surface area contributed by atoms with Crippen molar-refractivity contribution in [2.24, 2.45) is 5.92 Å². The highest BCUT2D eigenvalue weighted by Gasteiger charge is 2.49. The van der Waals surface area contributed by atoms with E-state index in [1.54, 1.807) is 7.11 Å². The minimum atomic E-state index is -0.565. The Morgan fingerprint density at radius 1 is 1.07 bits per heavy atom. The number of hydrogen-bond donors (Lipinski definition) is 2. The SMILES string of the molecule is COc1ccc(CNC(C(=O)O[C@H]2C[N+]3(CC(=O)c4cccs4)CCC2CC3)c2ccccc2)cc1.O=CO.O=C[O-]. The van der Waals surface area contributed by atoms with Crippen molar-refractivity contribution < 1.29 is 43.3 Å². The number of ketones is 1. The van der Waals surface area contributed by atoms with Gasteiger partial charge in [0.25, 0.3) is 6.47 Å². The molecule has 2 aromatic carbocycles. The van der Waals surface area contributed by atoms with Gasteiger partial charge in [0.1, 0.15) is 24.9 Å². The van der Waals surface area contributed by atoms with Crippen molar-refractivity contribution in [2.75, 3.05) is 33.3 Å². The smallest absolute Gasteiger partial charge is 0.328 e. The molecule has 3 aromatic rings. The molecule has 3 aliphatic rings. The number of carbonyl (C=O) groups excluding carboxylic acids is 3. The summed E-state index contributed by atoms with van der Waals surface area (Å²) in [5, 5.41) is 20.5. The number of ether oxygens (including phenoxy) is 2. The number of methoxy groups -OCH3 is 1. The summed E-state index contributed by atoms with van der Waals surface area (Å²) in [6.07, 6.45) is 1.82. The quantitative estimate of drug-likeness (QED) is 0.156. The summed E-state index contributed by atoms with van der Waals surface area (Å²) in [6, 6.07) is 20.8. The molecule has 2 N–H and O–H groups in total. The van der Waals surface area contributed by atoms with Crippen LogP contribution < -0.4 is 15.2 Å². The third-order valence-corrected chi connectivity index (χ3v) is 8.53. The molecule has 0 aliphatic carbocycles. The van der Waals surface area contributed by atoms with Crippen LogP contribution in [0.2, 0.25) is 0 Å². The van der Waals surface area contributed by atoms with Gasteiger partial charge >= 0.3 is 5.97 Å².